The van der Waals surface area contributed by atoms with Crippen LogP contribution in [-0.2, 0) is 11.2 Å². The Morgan fingerprint density at radius 2 is 2.00 bits per heavy atom. The maximum Gasteiger partial charge on any atom is 0.164 e. The van der Waals surface area contributed by atoms with Crippen molar-refractivity contribution in [2.24, 2.45) is 0 Å². The number of hydrogen-bond acceptors (Lipinski definition) is 3. The van der Waals surface area contributed by atoms with Crippen molar-refractivity contribution in [3.05, 3.63) is 23.8 Å². The van der Waals surface area contributed by atoms with Crippen molar-refractivity contribution in [3.63, 3.8) is 0 Å². The summed E-state index contributed by atoms with van der Waals surface area (Å²) in [4.78, 5) is 11.0. The number of ketones is 1. The number of rotatable bonds is 4. The van der Waals surface area contributed by atoms with E-state index in [1.807, 2.05) is 18.2 Å². The molecule has 0 bridgehead atoms. The molecule has 0 spiro atoms. The Hall–Kier alpha value is -1.51. The van der Waals surface area contributed by atoms with Crippen molar-refractivity contribution >= 4 is 5.78 Å². The number of hydrogen-bond donors (Lipinski definition) is 0. The van der Waals surface area contributed by atoms with E-state index in [2.05, 4.69) is 0 Å². The van der Waals surface area contributed by atoms with Gasteiger partial charge >= 0.3 is 0 Å². The highest BCUT2D eigenvalue weighted by molar-refractivity contribution is 5.79. The zero-order valence-electron chi connectivity index (χ0n) is 8.66. The maximum atomic E-state index is 11.0. The summed E-state index contributed by atoms with van der Waals surface area (Å²) in [5.74, 6) is 1.41. The molecule has 76 valence electrons. The minimum Gasteiger partial charge on any atom is -0.493 e. The van der Waals surface area contributed by atoms with E-state index in [0.717, 1.165) is 5.56 Å². The molecule has 3 heteroatoms. The Morgan fingerprint density at radius 3 is 2.50 bits per heavy atom. The molecule has 0 fully saturated rings. The van der Waals surface area contributed by atoms with Gasteiger partial charge in [-0.3, -0.25) is 4.79 Å². The van der Waals surface area contributed by atoms with Gasteiger partial charge in [0, 0.05) is 12.0 Å². The first-order chi connectivity index (χ1) is 6.69. The lowest BCUT2D eigenvalue weighted by Crippen LogP contribution is -2.00. The Balaban J connectivity index is 3.08. The topological polar surface area (TPSA) is 35.5 Å². The molecule has 0 radical (unpaired) electrons. The molecule has 0 unspecified atom stereocenters. The van der Waals surface area contributed by atoms with Crippen molar-refractivity contribution in [1.82, 2.24) is 0 Å². The van der Waals surface area contributed by atoms with E-state index in [-0.39, 0.29) is 5.78 Å². The molecule has 1 rings (SSSR count). The third kappa shape index (κ3) is 2.25. The molecule has 0 N–H and O–H groups in total. The minimum atomic E-state index is 0.108. The molecule has 0 saturated carbocycles. The van der Waals surface area contributed by atoms with Crippen LogP contribution >= 0.6 is 0 Å². The second-order valence-electron chi connectivity index (χ2n) is 3.03. The molecule has 1 aromatic rings. The molecular formula is C11H14O3. The van der Waals surface area contributed by atoms with Crippen LogP contribution in [-0.4, -0.2) is 20.0 Å². The van der Waals surface area contributed by atoms with Crippen LogP contribution in [0.15, 0.2) is 18.2 Å². The van der Waals surface area contributed by atoms with Crippen LogP contribution in [0.25, 0.3) is 0 Å². The van der Waals surface area contributed by atoms with Gasteiger partial charge < -0.3 is 9.47 Å². The lowest BCUT2D eigenvalue weighted by molar-refractivity contribution is -0.116. The Kier molecular flexibility index (Phi) is 3.51. The number of methoxy groups -OCH3 is 2. The van der Waals surface area contributed by atoms with Gasteiger partial charge in [0.25, 0.3) is 0 Å². The van der Waals surface area contributed by atoms with Crippen molar-refractivity contribution in [2.75, 3.05) is 14.2 Å². The Labute approximate surface area is 83.6 Å². The van der Waals surface area contributed by atoms with Gasteiger partial charge in [0.1, 0.15) is 5.78 Å². The summed E-state index contributed by atoms with van der Waals surface area (Å²) in [6, 6.07) is 5.52. The lowest BCUT2D eigenvalue weighted by atomic mass is 10.1. The van der Waals surface area contributed by atoms with Crippen LogP contribution in [0.2, 0.25) is 0 Å². The number of ether oxygens (including phenoxy) is 2. The van der Waals surface area contributed by atoms with E-state index in [4.69, 9.17) is 9.47 Å². The number of carbonyl (C=O) groups is 1. The predicted octanol–water partition coefficient (Wildman–Crippen LogP) is 1.84. The molecule has 1 aromatic carbocycles. The number of carbonyl (C=O) groups excluding carboxylic acids is 1. The summed E-state index contributed by atoms with van der Waals surface area (Å²) in [5, 5.41) is 0. The fraction of sp³-hybridized carbons (Fsp3) is 0.364. The highest BCUT2D eigenvalue weighted by atomic mass is 16.5. The van der Waals surface area contributed by atoms with Gasteiger partial charge in [-0.15, -0.1) is 0 Å². The van der Waals surface area contributed by atoms with E-state index >= 15 is 0 Å². The van der Waals surface area contributed by atoms with Gasteiger partial charge in [-0.05, 0) is 13.0 Å². The highest BCUT2D eigenvalue weighted by Gasteiger charge is 2.10. The highest BCUT2D eigenvalue weighted by Crippen LogP contribution is 2.30. The molecule has 0 saturated heterocycles. The van der Waals surface area contributed by atoms with Crippen LogP contribution in [0.5, 0.6) is 11.5 Å². The minimum absolute atomic E-state index is 0.108. The molecule has 3 nitrogen and oxygen atoms in total. The zero-order chi connectivity index (χ0) is 10.6. The van der Waals surface area contributed by atoms with Crippen LogP contribution < -0.4 is 9.47 Å². The summed E-state index contributed by atoms with van der Waals surface area (Å²) < 4.78 is 10.3. The number of Topliss-reactive ketones (excluding diaryl/α,β-unsaturated/α-hetero) is 1. The Bertz CT molecular complexity index is 331. The second-order valence-corrected chi connectivity index (χ2v) is 3.03. The molecule has 0 aliphatic heterocycles. The van der Waals surface area contributed by atoms with Crippen LogP contribution in [0.1, 0.15) is 12.5 Å². The van der Waals surface area contributed by atoms with Gasteiger partial charge in [-0.1, -0.05) is 12.1 Å². The molecule has 0 aliphatic rings. The van der Waals surface area contributed by atoms with E-state index in [1.165, 1.54) is 0 Å². The molecule has 0 aliphatic carbocycles. The fourth-order valence-electron chi connectivity index (χ4n) is 1.36. The van der Waals surface area contributed by atoms with Crippen molar-refractivity contribution < 1.29 is 14.3 Å². The van der Waals surface area contributed by atoms with Gasteiger partial charge in [0.2, 0.25) is 0 Å². The molecule has 0 aromatic heterocycles. The molecular weight excluding hydrogens is 180 g/mol. The van der Waals surface area contributed by atoms with Gasteiger partial charge in [-0.25, -0.2) is 0 Å². The zero-order valence-corrected chi connectivity index (χ0v) is 8.66. The fourth-order valence-corrected chi connectivity index (χ4v) is 1.36. The standard InChI is InChI=1S/C11H14O3/c1-8(12)7-9-5-4-6-10(13-2)11(9)14-3/h4-6H,7H2,1-3H3. The first kappa shape index (κ1) is 10.6. The van der Waals surface area contributed by atoms with Gasteiger partial charge in [0.15, 0.2) is 11.5 Å². The van der Waals surface area contributed by atoms with E-state index in [1.54, 1.807) is 21.1 Å². The summed E-state index contributed by atoms with van der Waals surface area (Å²) in [7, 11) is 3.15. The normalized spacial score (nSPS) is 9.64. The third-order valence-electron chi connectivity index (χ3n) is 1.92. The largest absolute Gasteiger partial charge is 0.493 e. The quantitative estimate of drug-likeness (QED) is 0.733. The summed E-state index contributed by atoms with van der Waals surface area (Å²) >= 11 is 0. The van der Waals surface area contributed by atoms with Gasteiger partial charge in [0.05, 0.1) is 14.2 Å². The summed E-state index contributed by atoms with van der Waals surface area (Å²) in [6.07, 6.45) is 0.375. The molecule has 0 heterocycles. The monoisotopic (exact) mass is 194 g/mol. The number of para-hydroxylation sites is 1. The smallest absolute Gasteiger partial charge is 0.164 e. The number of benzene rings is 1. The van der Waals surface area contributed by atoms with Crippen LogP contribution in [0, 0.1) is 0 Å². The summed E-state index contributed by atoms with van der Waals surface area (Å²) in [6.45, 7) is 1.55. The van der Waals surface area contributed by atoms with Crippen molar-refractivity contribution in [1.29, 1.82) is 0 Å². The predicted molar refractivity (Wildman–Crippen MR) is 53.9 cm³/mol. The SMILES string of the molecule is COc1cccc(CC(C)=O)c1OC. The summed E-state index contributed by atoms with van der Waals surface area (Å²) in [5.41, 5.74) is 0.861. The van der Waals surface area contributed by atoms with Crippen molar-refractivity contribution in [3.8, 4) is 11.5 Å². The van der Waals surface area contributed by atoms with Gasteiger partial charge in [-0.2, -0.15) is 0 Å². The van der Waals surface area contributed by atoms with Crippen LogP contribution in [0.3, 0.4) is 0 Å². The van der Waals surface area contributed by atoms with E-state index in [9.17, 15) is 4.79 Å². The van der Waals surface area contributed by atoms with Crippen LogP contribution in [0.4, 0.5) is 0 Å². The maximum absolute atomic E-state index is 11.0. The molecule has 0 atom stereocenters. The Morgan fingerprint density at radius 1 is 1.29 bits per heavy atom. The molecule has 0 amide bonds. The van der Waals surface area contributed by atoms with Crippen molar-refractivity contribution in [2.45, 2.75) is 13.3 Å². The average molecular weight is 194 g/mol. The average Bonchev–Trinajstić information content (AvgIpc) is 2.16. The first-order valence-corrected chi connectivity index (χ1v) is 4.38. The lowest BCUT2D eigenvalue weighted by Gasteiger charge is -2.11. The van der Waals surface area contributed by atoms with E-state index in [0.29, 0.717) is 17.9 Å². The third-order valence-corrected chi connectivity index (χ3v) is 1.92. The second kappa shape index (κ2) is 4.65. The molecule has 14 heavy (non-hydrogen) atoms. The first-order valence-electron chi connectivity index (χ1n) is 4.38. The van der Waals surface area contributed by atoms with E-state index < -0.39 is 0 Å².